The molecule has 0 fully saturated rings. The summed E-state index contributed by atoms with van der Waals surface area (Å²) in [6, 6.07) is 15.1. The summed E-state index contributed by atoms with van der Waals surface area (Å²) >= 11 is 0. The predicted molar refractivity (Wildman–Crippen MR) is 116 cm³/mol. The third-order valence-corrected chi connectivity index (χ3v) is 4.85. The van der Waals surface area contributed by atoms with Crippen LogP contribution in [0, 0.1) is 0 Å². The average Bonchev–Trinajstić information content (AvgIpc) is 2.78. The summed E-state index contributed by atoms with van der Waals surface area (Å²) in [6.45, 7) is 0. The SMILES string of the molecule is CNC(=O)c1cc(CC(=O)O)ccc1NC(=O)c1ccccc1-c1ccc(C(F)(F)F)cc1. The third kappa shape index (κ3) is 5.57. The fourth-order valence-corrected chi connectivity index (χ4v) is 3.27. The molecule has 9 heteroatoms. The quantitative estimate of drug-likeness (QED) is 0.505. The van der Waals surface area contributed by atoms with Gasteiger partial charge in [-0.05, 0) is 47.0 Å². The Morgan fingerprint density at radius 2 is 1.55 bits per heavy atom. The molecule has 0 atom stereocenters. The molecule has 0 spiro atoms. The zero-order valence-electron chi connectivity index (χ0n) is 17.4. The first kappa shape index (κ1) is 23.5. The van der Waals surface area contributed by atoms with Crippen LogP contribution in [0.25, 0.3) is 11.1 Å². The molecule has 2 amide bonds. The molecule has 3 N–H and O–H groups in total. The number of benzene rings is 3. The van der Waals surface area contributed by atoms with Crippen LogP contribution in [0.1, 0.15) is 31.8 Å². The van der Waals surface area contributed by atoms with E-state index in [2.05, 4.69) is 10.6 Å². The standard InChI is InChI=1S/C24H19F3N2O4/c1-28-22(32)19-12-14(13-21(30)31)6-11-20(19)29-23(33)18-5-3-2-4-17(18)15-7-9-16(10-8-15)24(25,26)27/h2-12H,13H2,1H3,(H,28,32)(H,29,33)(H,30,31). The molecule has 3 aromatic rings. The average molecular weight is 456 g/mol. The van der Waals surface area contributed by atoms with E-state index in [1.165, 1.54) is 43.4 Å². The summed E-state index contributed by atoms with van der Waals surface area (Å²) in [7, 11) is 1.40. The first-order chi connectivity index (χ1) is 15.6. The van der Waals surface area contributed by atoms with Crippen molar-refractivity contribution in [2.24, 2.45) is 0 Å². The second-order valence-corrected chi connectivity index (χ2v) is 7.10. The zero-order chi connectivity index (χ0) is 24.2. The van der Waals surface area contributed by atoms with Crippen molar-refractivity contribution in [2.75, 3.05) is 12.4 Å². The molecule has 0 bridgehead atoms. The number of carboxylic acids is 1. The van der Waals surface area contributed by atoms with Gasteiger partial charge in [0.25, 0.3) is 11.8 Å². The molecule has 0 aromatic heterocycles. The molecule has 0 unspecified atom stereocenters. The van der Waals surface area contributed by atoms with E-state index in [1.54, 1.807) is 18.2 Å². The van der Waals surface area contributed by atoms with E-state index in [0.717, 1.165) is 12.1 Å². The highest BCUT2D eigenvalue weighted by atomic mass is 19.4. The van der Waals surface area contributed by atoms with E-state index in [4.69, 9.17) is 5.11 Å². The van der Waals surface area contributed by atoms with Crippen molar-refractivity contribution in [1.82, 2.24) is 5.32 Å². The van der Waals surface area contributed by atoms with Gasteiger partial charge in [-0.3, -0.25) is 14.4 Å². The van der Waals surface area contributed by atoms with Crippen molar-refractivity contribution in [2.45, 2.75) is 12.6 Å². The normalized spacial score (nSPS) is 11.0. The van der Waals surface area contributed by atoms with Crippen molar-refractivity contribution < 1.29 is 32.7 Å². The summed E-state index contributed by atoms with van der Waals surface area (Å²) in [5.41, 5.74) is 0.834. The van der Waals surface area contributed by atoms with E-state index in [1.807, 2.05) is 0 Å². The van der Waals surface area contributed by atoms with Gasteiger partial charge in [-0.15, -0.1) is 0 Å². The second-order valence-electron chi connectivity index (χ2n) is 7.10. The molecular weight excluding hydrogens is 437 g/mol. The number of hydrogen-bond acceptors (Lipinski definition) is 3. The maximum atomic E-state index is 13.0. The molecular formula is C24H19F3N2O4. The van der Waals surface area contributed by atoms with Gasteiger partial charge >= 0.3 is 12.1 Å². The molecule has 0 radical (unpaired) electrons. The zero-order valence-corrected chi connectivity index (χ0v) is 17.4. The number of amides is 2. The highest BCUT2D eigenvalue weighted by Gasteiger charge is 2.30. The minimum absolute atomic E-state index is 0.0802. The van der Waals surface area contributed by atoms with Gasteiger partial charge in [0.15, 0.2) is 0 Å². The number of aliphatic carboxylic acids is 1. The third-order valence-electron chi connectivity index (χ3n) is 4.85. The lowest BCUT2D eigenvalue weighted by molar-refractivity contribution is -0.138. The Bertz CT molecular complexity index is 1210. The van der Waals surface area contributed by atoms with Crippen LogP contribution in [0.4, 0.5) is 18.9 Å². The van der Waals surface area contributed by atoms with Gasteiger partial charge in [-0.1, -0.05) is 36.4 Å². The number of carbonyl (C=O) groups excluding carboxylic acids is 2. The summed E-state index contributed by atoms with van der Waals surface area (Å²) in [5.74, 6) is -2.17. The molecule has 0 heterocycles. The Morgan fingerprint density at radius 3 is 2.15 bits per heavy atom. The highest BCUT2D eigenvalue weighted by molar-refractivity contribution is 6.11. The number of rotatable bonds is 6. The Morgan fingerprint density at radius 1 is 0.879 bits per heavy atom. The van der Waals surface area contributed by atoms with Crippen molar-refractivity contribution in [1.29, 1.82) is 0 Å². The lowest BCUT2D eigenvalue weighted by atomic mass is 9.97. The van der Waals surface area contributed by atoms with E-state index < -0.39 is 29.5 Å². The van der Waals surface area contributed by atoms with Crippen LogP contribution in [0.2, 0.25) is 0 Å². The molecule has 0 aliphatic heterocycles. The van der Waals surface area contributed by atoms with Gasteiger partial charge in [0.1, 0.15) is 0 Å². The fourth-order valence-electron chi connectivity index (χ4n) is 3.27. The second kappa shape index (κ2) is 9.56. The van der Waals surface area contributed by atoms with Crippen molar-refractivity contribution >= 4 is 23.5 Å². The molecule has 33 heavy (non-hydrogen) atoms. The smallest absolute Gasteiger partial charge is 0.416 e. The van der Waals surface area contributed by atoms with Crippen LogP contribution in [-0.2, 0) is 17.4 Å². The Labute approximate surface area is 187 Å². The van der Waals surface area contributed by atoms with E-state index in [0.29, 0.717) is 16.7 Å². The van der Waals surface area contributed by atoms with Crippen molar-refractivity contribution in [3.05, 3.63) is 89.0 Å². The molecule has 0 saturated heterocycles. The number of nitrogens with one attached hydrogen (secondary N) is 2. The van der Waals surface area contributed by atoms with Crippen LogP contribution in [0.3, 0.4) is 0 Å². The number of carboxylic acid groups (broad SMARTS) is 1. The maximum absolute atomic E-state index is 13.0. The number of hydrogen-bond donors (Lipinski definition) is 3. The van der Waals surface area contributed by atoms with Crippen molar-refractivity contribution in [3.63, 3.8) is 0 Å². The van der Waals surface area contributed by atoms with E-state index >= 15 is 0 Å². The van der Waals surface area contributed by atoms with Gasteiger partial charge in [-0.2, -0.15) is 13.2 Å². The monoisotopic (exact) mass is 456 g/mol. The lowest BCUT2D eigenvalue weighted by Crippen LogP contribution is -2.22. The van der Waals surface area contributed by atoms with E-state index in [9.17, 15) is 27.6 Å². The summed E-state index contributed by atoms with van der Waals surface area (Å²) in [6.07, 6.45) is -4.77. The largest absolute Gasteiger partial charge is 0.481 e. The van der Waals surface area contributed by atoms with E-state index in [-0.39, 0.29) is 23.2 Å². The Balaban J connectivity index is 1.95. The number of carbonyl (C=O) groups is 3. The number of anilines is 1. The van der Waals surface area contributed by atoms with Crippen LogP contribution >= 0.6 is 0 Å². The maximum Gasteiger partial charge on any atom is 0.416 e. The van der Waals surface area contributed by atoms with Crippen LogP contribution < -0.4 is 10.6 Å². The topological polar surface area (TPSA) is 95.5 Å². The number of halogens is 3. The molecule has 0 saturated carbocycles. The van der Waals surface area contributed by atoms with Crippen LogP contribution in [0.15, 0.2) is 66.7 Å². The summed E-state index contributed by atoms with van der Waals surface area (Å²) in [4.78, 5) is 36.3. The summed E-state index contributed by atoms with van der Waals surface area (Å²) in [5, 5.41) is 14.1. The fraction of sp³-hybridized carbons (Fsp3) is 0.125. The van der Waals surface area contributed by atoms with Crippen LogP contribution in [-0.4, -0.2) is 29.9 Å². The molecule has 3 aromatic carbocycles. The first-order valence-electron chi connectivity index (χ1n) is 9.75. The molecule has 3 rings (SSSR count). The molecule has 6 nitrogen and oxygen atoms in total. The van der Waals surface area contributed by atoms with Crippen LogP contribution in [0.5, 0.6) is 0 Å². The lowest BCUT2D eigenvalue weighted by Gasteiger charge is -2.14. The highest BCUT2D eigenvalue weighted by Crippen LogP contribution is 2.32. The van der Waals surface area contributed by atoms with Gasteiger partial charge in [0, 0.05) is 12.6 Å². The van der Waals surface area contributed by atoms with Gasteiger partial charge in [-0.25, -0.2) is 0 Å². The van der Waals surface area contributed by atoms with Gasteiger partial charge in [0.2, 0.25) is 0 Å². The Kier molecular flexibility index (Phi) is 6.81. The summed E-state index contributed by atoms with van der Waals surface area (Å²) < 4.78 is 38.6. The van der Waals surface area contributed by atoms with Crippen molar-refractivity contribution in [3.8, 4) is 11.1 Å². The van der Waals surface area contributed by atoms with Gasteiger partial charge < -0.3 is 15.7 Å². The predicted octanol–water partition coefficient (Wildman–Crippen LogP) is 4.61. The molecule has 170 valence electrons. The number of alkyl halides is 3. The minimum atomic E-state index is -4.47. The first-order valence-corrected chi connectivity index (χ1v) is 9.75. The minimum Gasteiger partial charge on any atom is -0.481 e. The Hall–Kier alpha value is -4.14. The molecule has 0 aliphatic carbocycles. The van der Waals surface area contributed by atoms with Gasteiger partial charge in [0.05, 0.1) is 23.2 Å². The molecule has 0 aliphatic rings.